The van der Waals surface area contributed by atoms with Crippen LogP contribution in [-0.4, -0.2) is 20.5 Å². The van der Waals surface area contributed by atoms with Gasteiger partial charge in [-0.25, -0.2) is 0 Å². The molecular formula is C25H34O2Si. The molecule has 0 bridgehead atoms. The minimum atomic E-state index is -0.319. The predicted octanol–water partition coefficient (Wildman–Crippen LogP) is 6.24. The van der Waals surface area contributed by atoms with Gasteiger partial charge in [0.25, 0.3) is 0 Å². The van der Waals surface area contributed by atoms with Crippen molar-refractivity contribution in [1.82, 2.24) is 0 Å². The SMILES string of the molecule is CCCC1(C)[SiH2]C1(CC)O/C(=C\C(=O)c1ccc2ccccc2c1)C(C)(C)C. The van der Waals surface area contributed by atoms with Crippen LogP contribution in [0, 0.1) is 5.41 Å². The molecule has 3 rings (SSSR count). The molecule has 2 aromatic rings. The minimum absolute atomic E-state index is 0.00574. The average molecular weight is 395 g/mol. The molecule has 3 heteroatoms. The van der Waals surface area contributed by atoms with Crippen molar-refractivity contribution in [2.45, 2.75) is 71.1 Å². The van der Waals surface area contributed by atoms with Gasteiger partial charge in [-0.2, -0.15) is 0 Å². The Bertz CT molecular complexity index is 908. The fourth-order valence-corrected chi connectivity index (χ4v) is 7.07. The average Bonchev–Trinajstić information content (AvgIpc) is 3.23. The zero-order valence-corrected chi connectivity index (χ0v) is 19.7. The molecule has 2 atom stereocenters. The van der Waals surface area contributed by atoms with Crippen LogP contribution in [0.15, 0.2) is 54.3 Å². The highest BCUT2D eigenvalue weighted by Crippen LogP contribution is 2.63. The lowest BCUT2D eigenvalue weighted by Gasteiger charge is -2.31. The van der Waals surface area contributed by atoms with Crippen molar-refractivity contribution in [3.8, 4) is 0 Å². The lowest BCUT2D eigenvalue weighted by Crippen LogP contribution is -2.25. The fourth-order valence-electron chi connectivity index (χ4n) is 4.39. The van der Waals surface area contributed by atoms with Crippen LogP contribution >= 0.6 is 0 Å². The fraction of sp³-hybridized carbons (Fsp3) is 0.480. The normalized spacial score (nSPS) is 25.9. The smallest absolute Gasteiger partial charge is 0.189 e. The van der Waals surface area contributed by atoms with Gasteiger partial charge in [0.2, 0.25) is 0 Å². The van der Waals surface area contributed by atoms with E-state index in [1.165, 1.54) is 12.8 Å². The number of benzene rings is 2. The number of hydrogen-bond donors (Lipinski definition) is 0. The Morgan fingerprint density at radius 3 is 2.39 bits per heavy atom. The molecule has 28 heavy (non-hydrogen) atoms. The number of hydrogen-bond acceptors (Lipinski definition) is 2. The molecule has 0 aliphatic carbocycles. The Kier molecular flexibility index (Phi) is 5.59. The number of fused-ring (bicyclic) bond motifs is 1. The van der Waals surface area contributed by atoms with E-state index in [2.05, 4.69) is 53.7 Å². The minimum Gasteiger partial charge on any atom is -0.495 e. The number of rotatable bonds is 7. The van der Waals surface area contributed by atoms with E-state index in [1.807, 2.05) is 30.3 Å². The summed E-state index contributed by atoms with van der Waals surface area (Å²) in [6, 6.07) is 14.1. The molecule has 0 aromatic heterocycles. The van der Waals surface area contributed by atoms with E-state index in [9.17, 15) is 4.79 Å². The Morgan fingerprint density at radius 2 is 1.79 bits per heavy atom. The molecule has 0 amide bonds. The molecule has 2 nitrogen and oxygen atoms in total. The summed E-state index contributed by atoms with van der Waals surface area (Å²) < 4.78 is 6.71. The number of ether oxygens (including phenoxy) is 1. The van der Waals surface area contributed by atoms with E-state index >= 15 is 0 Å². The zero-order valence-electron chi connectivity index (χ0n) is 18.3. The maximum Gasteiger partial charge on any atom is 0.189 e. The molecule has 2 unspecified atom stereocenters. The van der Waals surface area contributed by atoms with Crippen LogP contribution in [0.4, 0.5) is 0 Å². The molecule has 1 aliphatic heterocycles. The Hall–Kier alpha value is -1.87. The topological polar surface area (TPSA) is 26.3 Å². The van der Waals surface area contributed by atoms with E-state index in [1.54, 1.807) is 6.08 Å². The van der Waals surface area contributed by atoms with Gasteiger partial charge in [0.1, 0.15) is 5.76 Å². The van der Waals surface area contributed by atoms with Crippen LogP contribution in [-0.2, 0) is 4.74 Å². The van der Waals surface area contributed by atoms with E-state index in [0.29, 0.717) is 5.04 Å². The monoisotopic (exact) mass is 394 g/mol. The van der Waals surface area contributed by atoms with Crippen molar-refractivity contribution in [3.05, 3.63) is 59.9 Å². The van der Waals surface area contributed by atoms with Gasteiger partial charge >= 0.3 is 0 Å². The maximum absolute atomic E-state index is 13.1. The molecule has 0 radical (unpaired) electrons. The van der Waals surface area contributed by atoms with Gasteiger partial charge in [-0.05, 0) is 34.7 Å². The molecule has 1 heterocycles. The summed E-state index contributed by atoms with van der Waals surface area (Å²) in [6.07, 6.45) is 5.20. The van der Waals surface area contributed by atoms with Gasteiger partial charge < -0.3 is 4.74 Å². The lowest BCUT2D eigenvalue weighted by molar-refractivity contribution is 0.0459. The van der Waals surface area contributed by atoms with Crippen molar-refractivity contribution in [1.29, 1.82) is 0 Å². The Morgan fingerprint density at radius 1 is 1.11 bits per heavy atom. The Balaban J connectivity index is 1.91. The molecule has 1 fully saturated rings. The van der Waals surface area contributed by atoms with Crippen molar-refractivity contribution < 1.29 is 9.53 Å². The molecule has 2 aromatic carbocycles. The number of allylic oxidation sites excluding steroid dienone is 2. The van der Waals surface area contributed by atoms with Crippen LogP contribution in [0.25, 0.3) is 10.8 Å². The Labute approximate surface area is 172 Å². The van der Waals surface area contributed by atoms with Crippen molar-refractivity contribution >= 4 is 26.1 Å². The van der Waals surface area contributed by atoms with Crippen molar-refractivity contribution in [3.63, 3.8) is 0 Å². The van der Waals surface area contributed by atoms with Crippen LogP contribution in [0.2, 0.25) is 5.04 Å². The van der Waals surface area contributed by atoms with Crippen LogP contribution < -0.4 is 0 Å². The number of carbonyl (C=O) groups excluding carboxylic acids is 1. The molecular weight excluding hydrogens is 360 g/mol. The summed E-state index contributed by atoms with van der Waals surface area (Å²) in [5, 5.41) is 2.60. The third-order valence-corrected chi connectivity index (χ3v) is 9.71. The first-order chi connectivity index (χ1) is 13.1. The molecule has 0 N–H and O–H groups in total. The highest BCUT2D eigenvalue weighted by molar-refractivity contribution is 6.59. The first-order valence-corrected chi connectivity index (χ1v) is 12.0. The van der Waals surface area contributed by atoms with Crippen molar-refractivity contribution in [2.24, 2.45) is 5.41 Å². The highest BCUT2D eigenvalue weighted by atomic mass is 28.2. The van der Waals surface area contributed by atoms with Crippen LogP contribution in [0.3, 0.4) is 0 Å². The van der Waals surface area contributed by atoms with E-state index in [-0.39, 0.29) is 25.9 Å². The first kappa shape index (κ1) is 20.9. The van der Waals surface area contributed by atoms with E-state index in [4.69, 9.17) is 4.74 Å². The molecule has 150 valence electrons. The summed E-state index contributed by atoms with van der Waals surface area (Å²) >= 11 is 0. The number of carbonyl (C=O) groups is 1. The first-order valence-electron chi connectivity index (χ1n) is 10.6. The standard InChI is InChI=1S/C25H34O2Si/c1-7-15-24(6)25(8-2,28-24)27-22(23(3,4)5)17-21(26)20-14-13-18-11-9-10-12-19(18)16-20/h9-14,16-17H,7-8,15,28H2,1-6H3/b22-17-. The predicted molar refractivity (Wildman–Crippen MR) is 122 cm³/mol. The largest absolute Gasteiger partial charge is 0.495 e. The summed E-state index contributed by atoms with van der Waals surface area (Å²) in [5.74, 6) is 0.862. The second-order valence-electron chi connectivity index (χ2n) is 9.62. The van der Waals surface area contributed by atoms with Gasteiger partial charge in [-0.15, -0.1) is 0 Å². The lowest BCUT2D eigenvalue weighted by atomic mass is 9.90. The van der Waals surface area contributed by atoms with Gasteiger partial charge in [-0.1, -0.05) is 84.4 Å². The second kappa shape index (κ2) is 7.51. The summed E-state index contributed by atoms with van der Waals surface area (Å²) in [7, 11) is -0.319. The molecule has 1 saturated heterocycles. The molecule has 0 spiro atoms. The number of ketones is 1. The van der Waals surface area contributed by atoms with E-state index in [0.717, 1.165) is 28.5 Å². The van der Waals surface area contributed by atoms with E-state index < -0.39 is 0 Å². The summed E-state index contributed by atoms with van der Waals surface area (Å²) in [6.45, 7) is 13.3. The van der Waals surface area contributed by atoms with Gasteiger partial charge in [-0.3, -0.25) is 4.79 Å². The zero-order chi connectivity index (χ0) is 20.6. The van der Waals surface area contributed by atoms with Crippen LogP contribution in [0.5, 0.6) is 0 Å². The van der Waals surface area contributed by atoms with Crippen LogP contribution in [0.1, 0.15) is 71.2 Å². The van der Waals surface area contributed by atoms with Gasteiger partial charge in [0.15, 0.2) is 5.78 Å². The van der Waals surface area contributed by atoms with Gasteiger partial charge in [0.05, 0.1) is 14.7 Å². The quantitative estimate of drug-likeness (QED) is 0.241. The summed E-state index contributed by atoms with van der Waals surface area (Å²) in [4.78, 5) is 13.1. The third kappa shape index (κ3) is 3.95. The molecule has 0 saturated carbocycles. The van der Waals surface area contributed by atoms with Crippen molar-refractivity contribution in [2.75, 3.05) is 0 Å². The molecule has 1 aliphatic rings. The third-order valence-electron chi connectivity index (χ3n) is 6.36. The summed E-state index contributed by atoms with van der Waals surface area (Å²) in [5.41, 5.74) is 0.526. The second-order valence-corrected chi connectivity index (χ2v) is 12.7. The maximum atomic E-state index is 13.1. The van der Waals surface area contributed by atoms with Gasteiger partial charge in [0, 0.05) is 17.1 Å². The highest BCUT2D eigenvalue weighted by Gasteiger charge is 2.65.